The lowest BCUT2D eigenvalue weighted by Gasteiger charge is -2.45. The Hall–Kier alpha value is -4.10. The maximum atomic E-state index is 14.6. The summed E-state index contributed by atoms with van der Waals surface area (Å²) in [7, 11) is -4.58. The fourth-order valence-corrected chi connectivity index (χ4v) is 7.36. The van der Waals surface area contributed by atoms with E-state index in [1.54, 1.807) is 19.1 Å². The second kappa shape index (κ2) is 12.3. The van der Waals surface area contributed by atoms with E-state index in [0.29, 0.717) is 17.2 Å². The lowest BCUT2D eigenvalue weighted by atomic mass is 9.82. The molecule has 244 valence electrons. The van der Waals surface area contributed by atoms with E-state index in [2.05, 4.69) is 0 Å². The number of allylic oxidation sites excluding steroid dienone is 1. The molecule has 2 aliphatic rings. The molecule has 46 heavy (non-hydrogen) atoms. The molecule has 1 amide bonds. The molecule has 5 rings (SSSR count). The van der Waals surface area contributed by atoms with E-state index in [9.17, 15) is 40.7 Å². The number of ether oxygens (including phenoxy) is 1. The van der Waals surface area contributed by atoms with Gasteiger partial charge >= 0.3 is 12.1 Å². The number of carboxylic acids is 1. The zero-order valence-electron chi connectivity index (χ0n) is 24.6. The van der Waals surface area contributed by atoms with Gasteiger partial charge in [-0.05, 0) is 73.9 Å². The first-order chi connectivity index (χ1) is 21.5. The van der Waals surface area contributed by atoms with Crippen molar-refractivity contribution in [2.45, 2.75) is 43.9 Å². The Morgan fingerprint density at radius 3 is 2.46 bits per heavy atom. The number of benzene rings is 3. The van der Waals surface area contributed by atoms with E-state index >= 15 is 0 Å². The van der Waals surface area contributed by atoms with Crippen molar-refractivity contribution in [3.63, 3.8) is 0 Å². The highest BCUT2D eigenvalue weighted by molar-refractivity contribution is 7.92. The molecule has 0 saturated carbocycles. The van der Waals surface area contributed by atoms with Crippen LogP contribution in [0.5, 0.6) is 5.75 Å². The van der Waals surface area contributed by atoms with Crippen LogP contribution in [0.4, 0.5) is 23.2 Å². The number of alkyl halides is 3. The highest BCUT2D eigenvalue weighted by Crippen LogP contribution is 2.41. The quantitative estimate of drug-likeness (QED) is 0.209. The first-order valence-electron chi connectivity index (χ1n) is 14.1. The van der Waals surface area contributed by atoms with Crippen molar-refractivity contribution in [2.24, 2.45) is 5.41 Å². The molecule has 0 spiro atoms. The topological polar surface area (TPSA) is 104 Å². The van der Waals surface area contributed by atoms with Gasteiger partial charge in [0.2, 0.25) is 5.91 Å². The molecule has 1 saturated heterocycles. The predicted molar refractivity (Wildman–Crippen MR) is 163 cm³/mol. The molecule has 1 N–H and O–H groups in total. The fourth-order valence-electron chi connectivity index (χ4n) is 5.50. The maximum absolute atomic E-state index is 14.6. The summed E-state index contributed by atoms with van der Waals surface area (Å²) in [5.74, 6) is -1.79. The van der Waals surface area contributed by atoms with Crippen LogP contribution in [0.25, 0.3) is 11.6 Å². The Labute approximate surface area is 267 Å². The summed E-state index contributed by atoms with van der Waals surface area (Å²) < 4.78 is 90.0. The third-order valence-electron chi connectivity index (χ3n) is 8.03. The van der Waals surface area contributed by atoms with Gasteiger partial charge in [-0.3, -0.25) is 13.9 Å². The minimum absolute atomic E-state index is 0.0411. The number of nitrogens with zero attached hydrogens (tertiary/aromatic N) is 2. The first kappa shape index (κ1) is 33.3. The highest BCUT2D eigenvalue weighted by atomic mass is 35.5. The minimum Gasteiger partial charge on any atom is -0.486 e. The van der Waals surface area contributed by atoms with Crippen molar-refractivity contribution in [1.29, 1.82) is 0 Å². The molecule has 8 nitrogen and oxygen atoms in total. The van der Waals surface area contributed by atoms with Gasteiger partial charge in [-0.2, -0.15) is 13.2 Å². The van der Waals surface area contributed by atoms with E-state index < -0.39 is 50.0 Å². The second-order valence-electron chi connectivity index (χ2n) is 11.6. The van der Waals surface area contributed by atoms with Crippen LogP contribution in [0, 0.1) is 11.2 Å². The molecule has 3 aromatic rings. The lowest BCUT2D eigenvalue weighted by Crippen LogP contribution is -2.60. The molecule has 1 fully saturated rings. The third kappa shape index (κ3) is 6.57. The average Bonchev–Trinajstić information content (AvgIpc) is 2.97. The number of carbonyl (C=O) groups is 2. The number of aliphatic carboxylic acids is 1. The summed E-state index contributed by atoms with van der Waals surface area (Å²) in [6, 6.07) is 12.2. The van der Waals surface area contributed by atoms with Gasteiger partial charge in [0.1, 0.15) is 17.7 Å². The normalized spacial score (nSPS) is 18.0. The van der Waals surface area contributed by atoms with Crippen molar-refractivity contribution in [3.8, 4) is 5.75 Å². The zero-order valence-corrected chi connectivity index (χ0v) is 26.2. The van der Waals surface area contributed by atoms with Crippen LogP contribution in [0.15, 0.2) is 65.6 Å². The molecule has 14 heteroatoms. The molecular formula is C32H29ClF4N2O6S. The van der Waals surface area contributed by atoms with Gasteiger partial charge in [-0.25, -0.2) is 12.8 Å². The lowest BCUT2D eigenvalue weighted by molar-refractivity contribution is -0.164. The summed E-state index contributed by atoms with van der Waals surface area (Å²) in [6.07, 6.45) is -4.07. The maximum Gasteiger partial charge on any atom is 0.416 e. The van der Waals surface area contributed by atoms with Crippen LogP contribution < -0.4 is 9.04 Å². The Balaban J connectivity index is 1.47. The molecule has 1 atom stereocenters. The van der Waals surface area contributed by atoms with E-state index in [-0.39, 0.29) is 60.4 Å². The van der Waals surface area contributed by atoms with Crippen molar-refractivity contribution in [1.82, 2.24) is 4.90 Å². The Morgan fingerprint density at radius 1 is 1.11 bits per heavy atom. The van der Waals surface area contributed by atoms with Crippen LogP contribution in [0.3, 0.4) is 0 Å². The van der Waals surface area contributed by atoms with Crippen LogP contribution in [-0.4, -0.2) is 56.0 Å². The van der Waals surface area contributed by atoms with Gasteiger partial charge < -0.3 is 14.7 Å². The molecule has 2 aliphatic heterocycles. The van der Waals surface area contributed by atoms with Crippen molar-refractivity contribution < 1.29 is 45.4 Å². The number of amides is 1. The van der Waals surface area contributed by atoms with Crippen molar-refractivity contribution >= 4 is 50.8 Å². The fraction of sp³-hybridized carbons (Fsp3) is 0.312. The largest absolute Gasteiger partial charge is 0.486 e. The number of anilines is 1. The molecule has 0 bridgehead atoms. The van der Waals surface area contributed by atoms with Gasteiger partial charge in [-0.1, -0.05) is 35.9 Å². The number of hydrogen-bond donors (Lipinski definition) is 1. The summed E-state index contributed by atoms with van der Waals surface area (Å²) >= 11 is 6.21. The minimum atomic E-state index is -4.78. The van der Waals surface area contributed by atoms with Crippen LogP contribution in [0.2, 0.25) is 5.02 Å². The molecular weight excluding hydrogens is 652 g/mol. The number of rotatable bonds is 8. The standard InChI is InChI=1S/C32H29ClF4N2O6S/c1-19(29-24(33)7-4-8-25(29)34)13-20-9-11-27-26(14-20)39(46(43,44)23-6-3-5-21(15-23)32(35,36)37)16-22(45-27)10-12-28(40)38-17-31(2,18-38)30(41)42/h3-9,11,13-15,22H,10,12,16-18H2,1-2H3,(H,41,42). The number of halogens is 5. The number of carbonyl (C=O) groups excluding carboxylic acids is 1. The molecule has 3 aromatic carbocycles. The van der Waals surface area contributed by atoms with E-state index in [4.69, 9.17) is 16.3 Å². The third-order valence-corrected chi connectivity index (χ3v) is 10.1. The van der Waals surface area contributed by atoms with E-state index in [0.717, 1.165) is 22.5 Å². The van der Waals surface area contributed by atoms with Gasteiger partial charge in [0.05, 0.1) is 33.1 Å². The Morgan fingerprint density at radius 2 is 1.80 bits per heavy atom. The van der Waals surface area contributed by atoms with E-state index in [1.165, 1.54) is 42.2 Å². The highest BCUT2D eigenvalue weighted by Gasteiger charge is 2.47. The summed E-state index contributed by atoms with van der Waals surface area (Å²) in [5, 5.41) is 9.49. The first-order valence-corrected chi connectivity index (χ1v) is 16.0. The SMILES string of the molecule is CC(=Cc1ccc2c(c1)N(S(=O)(=O)c1cccc(C(F)(F)F)c1)CC(CCC(=O)N1CC(C)(C(=O)O)C1)O2)c1c(F)cccc1Cl. The summed E-state index contributed by atoms with van der Waals surface area (Å²) in [4.78, 5) is 25.0. The van der Waals surface area contributed by atoms with Gasteiger partial charge in [0, 0.05) is 25.1 Å². The zero-order chi connectivity index (χ0) is 33.6. The van der Waals surface area contributed by atoms with Gasteiger partial charge in [0.25, 0.3) is 10.0 Å². The summed E-state index contributed by atoms with van der Waals surface area (Å²) in [6.45, 7) is 2.92. The van der Waals surface area contributed by atoms with Gasteiger partial charge in [-0.15, -0.1) is 0 Å². The number of sulfonamides is 1. The van der Waals surface area contributed by atoms with Crippen molar-refractivity contribution in [2.75, 3.05) is 23.9 Å². The predicted octanol–water partition coefficient (Wildman–Crippen LogP) is 6.73. The number of fused-ring (bicyclic) bond motifs is 1. The monoisotopic (exact) mass is 680 g/mol. The molecule has 1 unspecified atom stereocenters. The summed E-state index contributed by atoms with van der Waals surface area (Å²) in [5.41, 5.74) is -1.09. The number of likely N-dealkylation sites (tertiary alicyclic amines) is 1. The molecule has 0 aromatic heterocycles. The Kier molecular flexibility index (Phi) is 8.86. The average molecular weight is 681 g/mol. The molecule has 0 aliphatic carbocycles. The smallest absolute Gasteiger partial charge is 0.416 e. The number of carboxylic acid groups (broad SMARTS) is 1. The van der Waals surface area contributed by atoms with E-state index in [1.807, 2.05) is 0 Å². The van der Waals surface area contributed by atoms with Gasteiger partial charge in [0.15, 0.2) is 0 Å². The van der Waals surface area contributed by atoms with Crippen LogP contribution in [-0.2, 0) is 25.8 Å². The van der Waals surface area contributed by atoms with Crippen LogP contribution in [0.1, 0.15) is 43.4 Å². The van der Waals surface area contributed by atoms with Crippen molar-refractivity contribution in [3.05, 3.63) is 88.2 Å². The molecule has 2 heterocycles. The molecule has 0 radical (unpaired) electrons. The second-order valence-corrected chi connectivity index (χ2v) is 13.9. The van der Waals surface area contributed by atoms with Crippen LogP contribution >= 0.6 is 11.6 Å². The number of hydrogen-bond acceptors (Lipinski definition) is 5. The Bertz CT molecular complexity index is 1820.